The molecule has 0 aliphatic heterocycles. The molecule has 0 heterocycles. The summed E-state index contributed by atoms with van der Waals surface area (Å²) in [7, 11) is 0. The van der Waals surface area contributed by atoms with Gasteiger partial charge in [0, 0.05) is 5.92 Å². The summed E-state index contributed by atoms with van der Waals surface area (Å²) in [5.41, 5.74) is 0. The second-order valence-electron chi connectivity index (χ2n) is 4.35. The van der Waals surface area contributed by atoms with E-state index in [9.17, 15) is 0 Å². The Labute approximate surface area is 68.4 Å². The number of hydrogen-bond acceptors (Lipinski definition) is 1. The fraction of sp³-hybridized carbons (Fsp3) is 0.900. The Hall–Kier alpha value is -0.510. The predicted octanol–water partition coefficient (Wildman–Crippen LogP) is 2.44. The maximum Gasteiger partial charge on any atom is 0.0658 e. The lowest BCUT2D eigenvalue weighted by Gasteiger charge is -2.27. The van der Waals surface area contributed by atoms with Gasteiger partial charge < -0.3 is 0 Å². The van der Waals surface area contributed by atoms with E-state index in [1.165, 1.54) is 12.8 Å². The first kappa shape index (κ1) is 7.16. The zero-order chi connectivity index (χ0) is 8.01. The Morgan fingerprint density at radius 3 is 2.36 bits per heavy atom. The number of rotatable bonds is 0. The third kappa shape index (κ3) is 0.819. The summed E-state index contributed by atoms with van der Waals surface area (Å²) in [5, 5.41) is 8.84. The van der Waals surface area contributed by atoms with Crippen LogP contribution in [0.15, 0.2) is 0 Å². The van der Waals surface area contributed by atoms with Crippen LogP contribution in [0.1, 0.15) is 26.7 Å². The third-order valence-electron chi connectivity index (χ3n) is 4.06. The standard InChI is InChI=1S/C10H15N/c1-6-7(2)10-4-8(6)3-9(10)5-11/h6-10H,3-4H2,1-2H3. The molecule has 2 aliphatic rings. The smallest absolute Gasteiger partial charge is 0.0658 e. The Balaban J connectivity index is 2.17. The highest BCUT2D eigenvalue weighted by Crippen LogP contribution is 2.54. The molecule has 0 radical (unpaired) electrons. The topological polar surface area (TPSA) is 23.8 Å². The normalized spacial score (nSPS) is 54.5. The summed E-state index contributed by atoms with van der Waals surface area (Å²) >= 11 is 0. The van der Waals surface area contributed by atoms with Crippen LogP contribution in [0.5, 0.6) is 0 Å². The van der Waals surface area contributed by atoms with Crippen molar-refractivity contribution in [2.75, 3.05) is 0 Å². The van der Waals surface area contributed by atoms with Crippen molar-refractivity contribution in [3.8, 4) is 6.07 Å². The number of hydrogen-bond donors (Lipinski definition) is 0. The molecule has 11 heavy (non-hydrogen) atoms. The molecule has 0 spiro atoms. The van der Waals surface area contributed by atoms with Crippen molar-refractivity contribution in [1.82, 2.24) is 0 Å². The third-order valence-corrected chi connectivity index (χ3v) is 4.06. The highest BCUT2D eigenvalue weighted by molar-refractivity contribution is 5.04. The average molecular weight is 149 g/mol. The molecule has 0 aromatic heterocycles. The van der Waals surface area contributed by atoms with Gasteiger partial charge in [0.25, 0.3) is 0 Å². The van der Waals surface area contributed by atoms with Gasteiger partial charge in [-0.25, -0.2) is 0 Å². The fourth-order valence-corrected chi connectivity index (χ4v) is 3.09. The van der Waals surface area contributed by atoms with Crippen LogP contribution in [0.3, 0.4) is 0 Å². The van der Waals surface area contributed by atoms with Crippen molar-refractivity contribution in [2.24, 2.45) is 29.6 Å². The van der Waals surface area contributed by atoms with Gasteiger partial charge in [-0.2, -0.15) is 5.26 Å². The first-order chi connectivity index (χ1) is 5.24. The molecular weight excluding hydrogens is 134 g/mol. The van der Waals surface area contributed by atoms with Crippen molar-refractivity contribution < 1.29 is 0 Å². The molecule has 0 N–H and O–H groups in total. The molecule has 0 amide bonds. The Morgan fingerprint density at radius 2 is 1.91 bits per heavy atom. The van der Waals surface area contributed by atoms with Gasteiger partial charge in [0.1, 0.15) is 0 Å². The summed E-state index contributed by atoms with van der Waals surface area (Å²) in [6, 6.07) is 2.45. The molecule has 2 saturated carbocycles. The summed E-state index contributed by atoms with van der Waals surface area (Å²) in [6.07, 6.45) is 2.52. The minimum Gasteiger partial charge on any atom is -0.198 e. The van der Waals surface area contributed by atoms with Crippen LogP contribution >= 0.6 is 0 Å². The van der Waals surface area contributed by atoms with Crippen molar-refractivity contribution >= 4 is 0 Å². The van der Waals surface area contributed by atoms with E-state index in [-0.39, 0.29) is 0 Å². The van der Waals surface area contributed by atoms with E-state index in [2.05, 4.69) is 19.9 Å². The van der Waals surface area contributed by atoms with Crippen LogP contribution in [-0.2, 0) is 0 Å². The zero-order valence-electron chi connectivity index (χ0n) is 7.25. The highest BCUT2D eigenvalue weighted by Gasteiger charge is 2.48. The minimum absolute atomic E-state index is 0.395. The quantitative estimate of drug-likeness (QED) is 0.519. The van der Waals surface area contributed by atoms with Gasteiger partial charge >= 0.3 is 0 Å². The molecule has 2 fully saturated rings. The van der Waals surface area contributed by atoms with E-state index < -0.39 is 0 Å². The van der Waals surface area contributed by atoms with Crippen molar-refractivity contribution in [3.63, 3.8) is 0 Å². The second kappa shape index (κ2) is 2.24. The van der Waals surface area contributed by atoms with Gasteiger partial charge in [0.05, 0.1) is 6.07 Å². The van der Waals surface area contributed by atoms with Crippen LogP contribution in [0.2, 0.25) is 0 Å². The van der Waals surface area contributed by atoms with Crippen molar-refractivity contribution in [3.05, 3.63) is 0 Å². The lowest BCUT2D eigenvalue weighted by atomic mass is 9.76. The summed E-state index contributed by atoms with van der Waals surface area (Å²) in [6.45, 7) is 4.67. The molecule has 2 rings (SSSR count). The molecule has 60 valence electrons. The van der Waals surface area contributed by atoms with Crippen LogP contribution in [-0.4, -0.2) is 0 Å². The molecule has 5 unspecified atom stereocenters. The van der Waals surface area contributed by atoms with Crippen molar-refractivity contribution in [1.29, 1.82) is 5.26 Å². The molecular formula is C10H15N. The monoisotopic (exact) mass is 149 g/mol. The van der Waals surface area contributed by atoms with Gasteiger partial charge in [0.2, 0.25) is 0 Å². The molecule has 0 aromatic rings. The minimum atomic E-state index is 0.395. The molecule has 1 heteroatoms. The maximum absolute atomic E-state index is 8.84. The van der Waals surface area contributed by atoms with Gasteiger partial charge in [0.15, 0.2) is 0 Å². The lowest BCUT2D eigenvalue weighted by Crippen LogP contribution is -2.23. The molecule has 0 aromatic carbocycles. The van der Waals surface area contributed by atoms with Crippen LogP contribution in [0.4, 0.5) is 0 Å². The predicted molar refractivity (Wildman–Crippen MR) is 43.6 cm³/mol. The molecule has 2 aliphatic carbocycles. The molecule has 5 atom stereocenters. The van der Waals surface area contributed by atoms with Gasteiger partial charge in [-0.15, -0.1) is 0 Å². The van der Waals surface area contributed by atoms with Crippen LogP contribution in [0.25, 0.3) is 0 Å². The van der Waals surface area contributed by atoms with Gasteiger partial charge in [-0.3, -0.25) is 0 Å². The average Bonchev–Trinajstić information content (AvgIpc) is 2.53. The zero-order valence-corrected chi connectivity index (χ0v) is 7.25. The largest absolute Gasteiger partial charge is 0.198 e. The van der Waals surface area contributed by atoms with E-state index >= 15 is 0 Å². The second-order valence-corrected chi connectivity index (χ2v) is 4.35. The van der Waals surface area contributed by atoms with E-state index in [4.69, 9.17) is 5.26 Å². The van der Waals surface area contributed by atoms with Crippen LogP contribution in [0, 0.1) is 40.9 Å². The molecule has 2 bridgehead atoms. The van der Waals surface area contributed by atoms with Gasteiger partial charge in [-0.1, -0.05) is 13.8 Å². The lowest BCUT2D eigenvalue weighted by molar-refractivity contribution is 0.222. The number of fused-ring (bicyclic) bond motifs is 2. The Morgan fingerprint density at radius 1 is 1.18 bits per heavy atom. The van der Waals surface area contributed by atoms with Crippen LogP contribution < -0.4 is 0 Å². The Kier molecular flexibility index (Phi) is 1.45. The van der Waals surface area contributed by atoms with E-state index in [0.29, 0.717) is 5.92 Å². The highest BCUT2D eigenvalue weighted by atomic mass is 14.5. The number of nitrogens with zero attached hydrogens (tertiary/aromatic N) is 1. The first-order valence-corrected chi connectivity index (χ1v) is 4.63. The molecule has 1 nitrogen and oxygen atoms in total. The SMILES string of the molecule is CC1C2CC(C#N)C(C2)C1C. The summed E-state index contributed by atoms with van der Waals surface area (Å²) < 4.78 is 0. The maximum atomic E-state index is 8.84. The number of nitriles is 1. The van der Waals surface area contributed by atoms with Gasteiger partial charge in [-0.05, 0) is 36.5 Å². The first-order valence-electron chi connectivity index (χ1n) is 4.63. The van der Waals surface area contributed by atoms with E-state index in [1.54, 1.807) is 0 Å². The van der Waals surface area contributed by atoms with Crippen molar-refractivity contribution in [2.45, 2.75) is 26.7 Å². The molecule has 0 saturated heterocycles. The summed E-state index contributed by atoms with van der Waals surface area (Å²) in [4.78, 5) is 0. The Bertz CT molecular complexity index is 201. The fourth-order valence-electron chi connectivity index (χ4n) is 3.09. The van der Waals surface area contributed by atoms with E-state index in [0.717, 1.165) is 23.7 Å². The summed E-state index contributed by atoms with van der Waals surface area (Å²) in [5.74, 6) is 3.69. The van der Waals surface area contributed by atoms with E-state index in [1.807, 2.05) is 0 Å².